The maximum absolute atomic E-state index is 4.02. The van der Waals surface area contributed by atoms with Gasteiger partial charge in [0, 0.05) is 12.4 Å². The van der Waals surface area contributed by atoms with Crippen molar-refractivity contribution in [2.75, 3.05) is 0 Å². The molecule has 0 aliphatic heterocycles. The number of rotatable bonds is 2. The van der Waals surface area contributed by atoms with Crippen LogP contribution in [-0.4, -0.2) is 51.7 Å². The SMILES string of the molecule is O.O.[Cu+2].c1ccc(-c2nn[n-]n2)nc1.c1ccc(-c2nn[n-]n2)nc1. The molecule has 133 valence electrons. The van der Waals surface area contributed by atoms with Crippen LogP contribution < -0.4 is 10.4 Å². The molecule has 0 saturated carbocycles. The van der Waals surface area contributed by atoms with Crippen molar-refractivity contribution in [3.8, 4) is 23.0 Å². The van der Waals surface area contributed by atoms with E-state index in [2.05, 4.69) is 51.2 Å². The van der Waals surface area contributed by atoms with Gasteiger partial charge in [0.05, 0.1) is 23.0 Å². The Kier molecular flexibility index (Phi) is 10.00. The fourth-order valence-electron chi connectivity index (χ4n) is 1.48. The van der Waals surface area contributed by atoms with Crippen LogP contribution in [0.3, 0.4) is 0 Å². The normalized spacial score (nSPS) is 8.64. The minimum atomic E-state index is 0. The first-order valence-electron chi connectivity index (χ1n) is 6.14. The van der Waals surface area contributed by atoms with Crippen LogP contribution in [0.15, 0.2) is 48.8 Å². The van der Waals surface area contributed by atoms with E-state index >= 15 is 0 Å². The summed E-state index contributed by atoms with van der Waals surface area (Å²) in [6.07, 6.45) is 3.34. The first kappa shape index (κ1) is 21.9. The van der Waals surface area contributed by atoms with E-state index in [1.807, 2.05) is 24.3 Å². The van der Waals surface area contributed by atoms with Gasteiger partial charge in [-0.05, 0) is 24.3 Å². The van der Waals surface area contributed by atoms with Crippen molar-refractivity contribution in [2.24, 2.45) is 0 Å². The van der Waals surface area contributed by atoms with E-state index in [9.17, 15) is 0 Å². The van der Waals surface area contributed by atoms with Crippen molar-refractivity contribution in [3.63, 3.8) is 0 Å². The second-order valence-corrected chi connectivity index (χ2v) is 3.83. The first-order chi connectivity index (χ1) is 10.9. The standard InChI is InChI=1S/2C6H4N5.Cu.2H2O/c2*1-2-4-7-5(3-1)6-8-10-11-9-6;;;/h2*1-4H;;2*1H2/q2*-1;+2;;. The number of hydrogen-bond donors (Lipinski definition) is 0. The molecule has 0 aliphatic carbocycles. The molecular formula is C12H12CuN10O2. The summed E-state index contributed by atoms with van der Waals surface area (Å²) in [5.41, 5.74) is 1.38. The predicted octanol–water partition coefficient (Wildman–Crippen LogP) is -1.87. The summed E-state index contributed by atoms with van der Waals surface area (Å²) < 4.78 is 0. The zero-order valence-corrected chi connectivity index (χ0v) is 13.3. The molecule has 0 fully saturated rings. The van der Waals surface area contributed by atoms with Gasteiger partial charge in [-0.3, -0.25) is 30.8 Å². The number of hydrogen-bond acceptors (Lipinski definition) is 8. The molecule has 0 atom stereocenters. The first-order valence-corrected chi connectivity index (χ1v) is 6.14. The summed E-state index contributed by atoms with van der Waals surface area (Å²) in [5, 5.41) is 28.0. The third kappa shape index (κ3) is 6.12. The van der Waals surface area contributed by atoms with Gasteiger partial charge in [0.25, 0.3) is 0 Å². The second-order valence-electron chi connectivity index (χ2n) is 3.83. The summed E-state index contributed by atoms with van der Waals surface area (Å²) in [7, 11) is 0. The summed E-state index contributed by atoms with van der Waals surface area (Å²) in [4.78, 5) is 8.03. The molecule has 4 rings (SSSR count). The molecule has 0 saturated heterocycles. The molecule has 4 aromatic rings. The minimum absolute atomic E-state index is 0. The van der Waals surface area contributed by atoms with E-state index in [1.54, 1.807) is 24.5 Å². The average molecular weight is 392 g/mol. The monoisotopic (exact) mass is 391 g/mol. The molecule has 0 amide bonds. The maximum atomic E-state index is 4.02. The molecule has 0 aromatic carbocycles. The fraction of sp³-hybridized carbons (Fsp3) is 0. The van der Waals surface area contributed by atoms with Crippen LogP contribution in [0.4, 0.5) is 0 Å². The fourth-order valence-corrected chi connectivity index (χ4v) is 1.48. The molecule has 0 unspecified atom stereocenters. The summed E-state index contributed by atoms with van der Waals surface area (Å²) in [6.45, 7) is 0. The van der Waals surface area contributed by atoms with Gasteiger partial charge in [0.2, 0.25) is 0 Å². The van der Waals surface area contributed by atoms with Crippen molar-refractivity contribution < 1.29 is 28.0 Å². The van der Waals surface area contributed by atoms with Gasteiger partial charge in [0.1, 0.15) is 0 Å². The Morgan fingerprint density at radius 1 is 0.640 bits per heavy atom. The van der Waals surface area contributed by atoms with Crippen molar-refractivity contribution in [2.45, 2.75) is 0 Å². The molecule has 0 spiro atoms. The van der Waals surface area contributed by atoms with E-state index in [0.717, 1.165) is 0 Å². The van der Waals surface area contributed by atoms with Gasteiger partial charge in [-0.15, -0.1) is 0 Å². The van der Waals surface area contributed by atoms with Gasteiger partial charge >= 0.3 is 17.1 Å². The summed E-state index contributed by atoms with van der Waals surface area (Å²) in [6, 6.07) is 11.0. The van der Waals surface area contributed by atoms with E-state index < -0.39 is 0 Å². The van der Waals surface area contributed by atoms with Crippen molar-refractivity contribution in [3.05, 3.63) is 48.8 Å². The Morgan fingerprint density at radius 2 is 1.08 bits per heavy atom. The van der Waals surface area contributed by atoms with Gasteiger partial charge < -0.3 is 21.1 Å². The van der Waals surface area contributed by atoms with Crippen LogP contribution in [-0.2, 0) is 17.1 Å². The van der Waals surface area contributed by atoms with Gasteiger partial charge in [0.15, 0.2) is 0 Å². The number of nitrogens with zero attached hydrogens (tertiary/aromatic N) is 10. The zero-order chi connectivity index (χ0) is 15.0. The van der Waals surface area contributed by atoms with E-state index in [0.29, 0.717) is 23.0 Å². The van der Waals surface area contributed by atoms with Crippen LogP contribution in [0.2, 0.25) is 0 Å². The average Bonchev–Trinajstić information content (AvgIpc) is 3.31. The van der Waals surface area contributed by atoms with Crippen molar-refractivity contribution >= 4 is 0 Å². The molecule has 25 heavy (non-hydrogen) atoms. The predicted molar refractivity (Wildman–Crippen MR) is 80.0 cm³/mol. The van der Waals surface area contributed by atoms with Gasteiger partial charge in [-0.2, -0.15) is 0 Å². The molecule has 4 aromatic heterocycles. The number of aromatic nitrogens is 10. The van der Waals surface area contributed by atoms with Crippen LogP contribution in [0.25, 0.3) is 23.0 Å². The summed E-state index contributed by atoms with van der Waals surface area (Å²) in [5.74, 6) is 0.927. The minimum Gasteiger partial charge on any atom is -0.412 e. The second kappa shape index (κ2) is 11.4. The van der Waals surface area contributed by atoms with Crippen molar-refractivity contribution in [1.29, 1.82) is 0 Å². The molecule has 12 nitrogen and oxygen atoms in total. The Bertz CT molecular complexity index is 714. The molecule has 1 radical (unpaired) electrons. The molecular weight excluding hydrogens is 380 g/mol. The van der Waals surface area contributed by atoms with E-state index in [4.69, 9.17) is 0 Å². The molecule has 4 N–H and O–H groups in total. The molecule has 0 bridgehead atoms. The molecule has 4 heterocycles. The van der Waals surface area contributed by atoms with Crippen molar-refractivity contribution in [1.82, 2.24) is 51.2 Å². The quantitative estimate of drug-likeness (QED) is 0.349. The van der Waals surface area contributed by atoms with Gasteiger partial charge in [-0.25, -0.2) is 10.2 Å². The summed E-state index contributed by atoms with van der Waals surface area (Å²) >= 11 is 0. The van der Waals surface area contributed by atoms with Crippen LogP contribution in [0.1, 0.15) is 0 Å². The van der Waals surface area contributed by atoms with Crippen LogP contribution in [0.5, 0.6) is 0 Å². The largest absolute Gasteiger partial charge is 2.00 e. The maximum Gasteiger partial charge on any atom is 2.00 e. The van der Waals surface area contributed by atoms with Crippen LogP contribution in [0, 0.1) is 0 Å². The van der Waals surface area contributed by atoms with E-state index in [1.165, 1.54) is 0 Å². The third-order valence-electron chi connectivity index (χ3n) is 2.43. The zero-order valence-electron chi connectivity index (χ0n) is 12.4. The molecule has 0 aliphatic rings. The Hall–Kier alpha value is -3.12. The molecule has 13 heteroatoms. The number of pyridine rings is 2. The smallest absolute Gasteiger partial charge is 0.412 e. The van der Waals surface area contributed by atoms with Gasteiger partial charge in [-0.1, -0.05) is 12.1 Å². The Balaban J connectivity index is 0.000000411. The topological polar surface area (TPSA) is 194 Å². The Labute approximate surface area is 151 Å². The number of tetrazole rings is 2. The van der Waals surface area contributed by atoms with Crippen LogP contribution >= 0.6 is 0 Å². The third-order valence-corrected chi connectivity index (χ3v) is 2.43. The van der Waals surface area contributed by atoms with E-state index in [-0.39, 0.29) is 28.0 Å². The Morgan fingerprint density at radius 3 is 1.36 bits per heavy atom.